The van der Waals surface area contributed by atoms with Crippen LogP contribution in [0.3, 0.4) is 0 Å². The zero-order chi connectivity index (χ0) is 8.15. The average Bonchev–Trinajstić information content (AvgIpc) is 1.90. The van der Waals surface area contributed by atoms with Crippen molar-refractivity contribution in [1.82, 2.24) is 0 Å². The largest absolute Gasteiger partial charge is 0.481 e. The first-order valence-electron chi connectivity index (χ1n) is 3.33. The SMILES string of the molecule is C=C(C(=NC)OC)C(C)C. The monoisotopic (exact) mass is 141 g/mol. The van der Waals surface area contributed by atoms with E-state index >= 15 is 0 Å². The van der Waals surface area contributed by atoms with E-state index in [1.54, 1.807) is 14.2 Å². The Balaban J connectivity index is 4.18. The van der Waals surface area contributed by atoms with Crippen LogP contribution in [-0.2, 0) is 4.74 Å². The van der Waals surface area contributed by atoms with Gasteiger partial charge in [-0.15, -0.1) is 0 Å². The molecule has 58 valence electrons. The van der Waals surface area contributed by atoms with Gasteiger partial charge in [0.05, 0.1) is 7.11 Å². The fourth-order valence-electron chi connectivity index (χ4n) is 0.613. The van der Waals surface area contributed by atoms with Gasteiger partial charge in [0.2, 0.25) is 5.90 Å². The number of rotatable bonds is 2. The van der Waals surface area contributed by atoms with Crippen molar-refractivity contribution < 1.29 is 4.74 Å². The number of hydrogen-bond acceptors (Lipinski definition) is 2. The van der Waals surface area contributed by atoms with Gasteiger partial charge in [-0.25, -0.2) is 0 Å². The van der Waals surface area contributed by atoms with Crippen molar-refractivity contribution in [3.8, 4) is 0 Å². The van der Waals surface area contributed by atoms with Crippen LogP contribution in [-0.4, -0.2) is 20.1 Å². The summed E-state index contributed by atoms with van der Waals surface area (Å²) < 4.78 is 4.97. The first-order chi connectivity index (χ1) is 4.63. The highest BCUT2D eigenvalue weighted by molar-refractivity contribution is 5.93. The first kappa shape index (κ1) is 9.21. The van der Waals surface area contributed by atoms with Crippen molar-refractivity contribution in [2.45, 2.75) is 13.8 Å². The van der Waals surface area contributed by atoms with Crippen LogP contribution in [0.2, 0.25) is 0 Å². The summed E-state index contributed by atoms with van der Waals surface area (Å²) in [7, 11) is 3.31. The summed E-state index contributed by atoms with van der Waals surface area (Å²) in [4.78, 5) is 3.92. The summed E-state index contributed by atoms with van der Waals surface area (Å²) in [5, 5.41) is 0. The molecule has 2 heteroatoms. The van der Waals surface area contributed by atoms with E-state index in [1.807, 2.05) is 0 Å². The van der Waals surface area contributed by atoms with Crippen LogP contribution in [0.25, 0.3) is 0 Å². The predicted octanol–water partition coefficient (Wildman–Crippen LogP) is 1.87. The molecule has 0 fully saturated rings. The quantitative estimate of drug-likeness (QED) is 0.425. The maximum Gasteiger partial charge on any atom is 0.210 e. The Hall–Kier alpha value is -0.790. The molecular formula is C8H15NO. The minimum Gasteiger partial charge on any atom is -0.481 e. The lowest BCUT2D eigenvalue weighted by atomic mass is 10.1. The second kappa shape index (κ2) is 4.09. The first-order valence-corrected chi connectivity index (χ1v) is 3.33. The van der Waals surface area contributed by atoms with E-state index in [1.165, 1.54) is 0 Å². The smallest absolute Gasteiger partial charge is 0.210 e. The Labute approximate surface area is 62.6 Å². The van der Waals surface area contributed by atoms with Crippen LogP contribution in [0.5, 0.6) is 0 Å². The van der Waals surface area contributed by atoms with Gasteiger partial charge in [-0.05, 0) is 5.92 Å². The Morgan fingerprint density at radius 1 is 1.50 bits per heavy atom. The molecule has 0 heterocycles. The van der Waals surface area contributed by atoms with E-state index in [0.29, 0.717) is 11.8 Å². The van der Waals surface area contributed by atoms with Crippen LogP contribution < -0.4 is 0 Å². The van der Waals surface area contributed by atoms with Gasteiger partial charge in [-0.3, -0.25) is 4.99 Å². The van der Waals surface area contributed by atoms with E-state index in [9.17, 15) is 0 Å². The molecule has 0 bridgehead atoms. The topological polar surface area (TPSA) is 21.6 Å². The molecule has 10 heavy (non-hydrogen) atoms. The van der Waals surface area contributed by atoms with E-state index in [0.717, 1.165) is 5.57 Å². The van der Waals surface area contributed by atoms with E-state index in [-0.39, 0.29) is 0 Å². The second-order valence-electron chi connectivity index (χ2n) is 2.41. The molecule has 0 aromatic carbocycles. The lowest BCUT2D eigenvalue weighted by molar-refractivity contribution is 0.398. The van der Waals surface area contributed by atoms with Gasteiger partial charge in [0.25, 0.3) is 0 Å². The van der Waals surface area contributed by atoms with Crippen molar-refractivity contribution in [2.24, 2.45) is 10.9 Å². The molecule has 0 amide bonds. The van der Waals surface area contributed by atoms with Gasteiger partial charge in [-0.1, -0.05) is 20.4 Å². The standard InChI is InChI=1S/C8H15NO/c1-6(2)7(3)8(9-4)10-5/h6H,3H2,1-2,4-5H3. The molecule has 0 aliphatic carbocycles. The summed E-state index contributed by atoms with van der Waals surface area (Å²) in [6.07, 6.45) is 0. The second-order valence-corrected chi connectivity index (χ2v) is 2.41. The zero-order valence-corrected chi connectivity index (χ0v) is 7.14. The highest BCUT2D eigenvalue weighted by Gasteiger charge is 2.06. The number of nitrogens with zero attached hydrogens (tertiary/aromatic N) is 1. The molecule has 0 unspecified atom stereocenters. The molecule has 2 nitrogen and oxygen atoms in total. The molecule has 0 aliphatic rings. The summed E-state index contributed by atoms with van der Waals surface area (Å²) in [6, 6.07) is 0. The summed E-state index contributed by atoms with van der Waals surface area (Å²) >= 11 is 0. The maximum absolute atomic E-state index is 4.97. The Morgan fingerprint density at radius 2 is 2.00 bits per heavy atom. The molecule has 0 N–H and O–H groups in total. The predicted molar refractivity (Wildman–Crippen MR) is 44.3 cm³/mol. The average molecular weight is 141 g/mol. The summed E-state index contributed by atoms with van der Waals surface area (Å²) in [6.45, 7) is 7.96. The number of ether oxygens (including phenoxy) is 1. The van der Waals surface area contributed by atoms with Crippen LogP contribution in [0.15, 0.2) is 17.1 Å². The number of methoxy groups -OCH3 is 1. The minimum absolute atomic E-state index is 0.402. The number of aliphatic imine (C=N–C) groups is 1. The fourth-order valence-corrected chi connectivity index (χ4v) is 0.613. The summed E-state index contributed by atoms with van der Waals surface area (Å²) in [5.74, 6) is 1.05. The molecule has 0 radical (unpaired) electrons. The van der Waals surface area contributed by atoms with E-state index in [4.69, 9.17) is 4.74 Å². The Bertz CT molecular complexity index is 147. The fraction of sp³-hybridized carbons (Fsp3) is 0.625. The molecular weight excluding hydrogens is 126 g/mol. The number of hydrogen-bond donors (Lipinski definition) is 0. The van der Waals surface area contributed by atoms with Crippen molar-refractivity contribution in [1.29, 1.82) is 0 Å². The highest BCUT2D eigenvalue weighted by atomic mass is 16.5. The van der Waals surface area contributed by atoms with Crippen molar-refractivity contribution in [3.05, 3.63) is 12.2 Å². The molecule has 0 rings (SSSR count). The van der Waals surface area contributed by atoms with Gasteiger partial charge >= 0.3 is 0 Å². The van der Waals surface area contributed by atoms with Crippen LogP contribution in [0, 0.1) is 5.92 Å². The zero-order valence-electron chi connectivity index (χ0n) is 7.14. The van der Waals surface area contributed by atoms with Gasteiger partial charge in [0.15, 0.2) is 0 Å². The van der Waals surface area contributed by atoms with Gasteiger partial charge in [0, 0.05) is 12.6 Å². The Kier molecular flexibility index (Phi) is 3.77. The van der Waals surface area contributed by atoms with Crippen molar-refractivity contribution in [3.63, 3.8) is 0 Å². The van der Waals surface area contributed by atoms with Crippen LogP contribution >= 0.6 is 0 Å². The molecule has 0 saturated heterocycles. The third-order valence-corrected chi connectivity index (χ3v) is 1.37. The molecule has 0 aromatic rings. The van der Waals surface area contributed by atoms with Crippen LogP contribution in [0.1, 0.15) is 13.8 Å². The van der Waals surface area contributed by atoms with E-state index in [2.05, 4.69) is 25.4 Å². The molecule has 0 saturated carbocycles. The lowest BCUT2D eigenvalue weighted by Gasteiger charge is -2.09. The van der Waals surface area contributed by atoms with Crippen molar-refractivity contribution >= 4 is 5.90 Å². The third kappa shape index (κ3) is 2.21. The van der Waals surface area contributed by atoms with E-state index < -0.39 is 0 Å². The molecule has 0 spiro atoms. The molecule has 0 aliphatic heterocycles. The van der Waals surface area contributed by atoms with Crippen LogP contribution in [0.4, 0.5) is 0 Å². The molecule has 0 atom stereocenters. The van der Waals surface area contributed by atoms with Gasteiger partial charge in [-0.2, -0.15) is 0 Å². The van der Waals surface area contributed by atoms with Gasteiger partial charge < -0.3 is 4.74 Å². The lowest BCUT2D eigenvalue weighted by Crippen LogP contribution is -2.09. The maximum atomic E-state index is 4.97. The Morgan fingerprint density at radius 3 is 2.10 bits per heavy atom. The van der Waals surface area contributed by atoms with Gasteiger partial charge in [0.1, 0.15) is 0 Å². The third-order valence-electron chi connectivity index (χ3n) is 1.37. The normalized spacial score (nSPS) is 11.9. The minimum atomic E-state index is 0.402. The van der Waals surface area contributed by atoms with Crippen molar-refractivity contribution in [2.75, 3.05) is 14.2 Å². The highest BCUT2D eigenvalue weighted by Crippen LogP contribution is 2.08. The molecule has 0 aromatic heterocycles. The summed E-state index contributed by atoms with van der Waals surface area (Å²) in [5.41, 5.74) is 0.949.